The Morgan fingerprint density at radius 1 is 1.58 bits per heavy atom. The zero-order valence-corrected chi connectivity index (χ0v) is 10.8. The molecule has 0 unspecified atom stereocenters. The Morgan fingerprint density at radius 3 is 2.95 bits per heavy atom. The SMILES string of the molecule is CCN(CCC#N)CC(=O)Nc1cc(F)ccc1N. The lowest BCUT2D eigenvalue weighted by molar-refractivity contribution is -0.117. The van der Waals surface area contributed by atoms with Crippen molar-refractivity contribution in [3.05, 3.63) is 24.0 Å². The molecule has 0 aliphatic carbocycles. The second-order valence-corrected chi connectivity index (χ2v) is 4.06. The first-order valence-corrected chi connectivity index (χ1v) is 6.01. The summed E-state index contributed by atoms with van der Waals surface area (Å²) in [4.78, 5) is 13.6. The van der Waals surface area contributed by atoms with E-state index in [0.29, 0.717) is 25.2 Å². The number of nitrogens with two attached hydrogens (primary N) is 1. The van der Waals surface area contributed by atoms with E-state index in [0.717, 1.165) is 0 Å². The molecule has 0 aliphatic rings. The summed E-state index contributed by atoms with van der Waals surface area (Å²) in [5.41, 5.74) is 6.22. The van der Waals surface area contributed by atoms with Crippen molar-refractivity contribution in [3.8, 4) is 6.07 Å². The normalized spacial score (nSPS) is 10.2. The molecule has 0 aromatic heterocycles. The van der Waals surface area contributed by atoms with E-state index >= 15 is 0 Å². The van der Waals surface area contributed by atoms with Crippen LogP contribution in [0.4, 0.5) is 15.8 Å². The number of hydrogen-bond donors (Lipinski definition) is 2. The predicted molar refractivity (Wildman–Crippen MR) is 71.8 cm³/mol. The Balaban J connectivity index is 2.59. The van der Waals surface area contributed by atoms with Crippen molar-refractivity contribution in [1.82, 2.24) is 4.90 Å². The summed E-state index contributed by atoms with van der Waals surface area (Å²) in [5, 5.41) is 11.1. The molecule has 0 bridgehead atoms. The number of likely N-dealkylation sites (N-methyl/N-ethyl adjacent to an activating group) is 1. The minimum absolute atomic E-state index is 0.147. The van der Waals surface area contributed by atoms with Crippen molar-refractivity contribution in [2.75, 3.05) is 30.7 Å². The lowest BCUT2D eigenvalue weighted by atomic mass is 10.2. The first-order chi connectivity index (χ1) is 9.06. The topological polar surface area (TPSA) is 82.2 Å². The van der Waals surface area contributed by atoms with Gasteiger partial charge in [0.25, 0.3) is 0 Å². The molecular weight excluding hydrogens is 247 g/mol. The molecule has 0 fully saturated rings. The molecule has 0 saturated carbocycles. The molecule has 6 heteroatoms. The Labute approximate surface area is 111 Å². The molecule has 0 saturated heterocycles. The van der Waals surface area contributed by atoms with E-state index < -0.39 is 5.82 Å². The minimum atomic E-state index is -0.457. The van der Waals surface area contributed by atoms with Crippen LogP contribution in [0.1, 0.15) is 13.3 Å². The summed E-state index contributed by atoms with van der Waals surface area (Å²) in [6.07, 6.45) is 0.364. The van der Waals surface area contributed by atoms with Crippen LogP contribution >= 0.6 is 0 Å². The van der Waals surface area contributed by atoms with Crippen LogP contribution in [0.15, 0.2) is 18.2 Å². The van der Waals surface area contributed by atoms with E-state index in [4.69, 9.17) is 11.0 Å². The summed E-state index contributed by atoms with van der Waals surface area (Å²) >= 11 is 0. The number of rotatable bonds is 6. The van der Waals surface area contributed by atoms with Gasteiger partial charge in [-0.15, -0.1) is 0 Å². The van der Waals surface area contributed by atoms with Crippen molar-refractivity contribution in [2.24, 2.45) is 0 Å². The molecule has 19 heavy (non-hydrogen) atoms. The molecule has 0 aliphatic heterocycles. The third kappa shape index (κ3) is 4.94. The lowest BCUT2D eigenvalue weighted by Gasteiger charge is -2.18. The Bertz CT molecular complexity index is 484. The fourth-order valence-corrected chi connectivity index (χ4v) is 1.59. The monoisotopic (exact) mass is 264 g/mol. The second kappa shape index (κ2) is 7.34. The van der Waals surface area contributed by atoms with Gasteiger partial charge in [0.15, 0.2) is 0 Å². The van der Waals surface area contributed by atoms with Gasteiger partial charge in [-0.3, -0.25) is 9.69 Å². The van der Waals surface area contributed by atoms with Crippen LogP contribution in [-0.2, 0) is 4.79 Å². The third-order valence-corrected chi connectivity index (χ3v) is 2.64. The number of benzene rings is 1. The summed E-state index contributed by atoms with van der Waals surface area (Å²) in [7, 11) is 0. The maximum absolute atomic E-state index is 13.0. The molecule has 102 valence electrons. The number of halogens is 1. The highest BCUT2D eigenvalue weighted by Gasteiger charge is 2.10. The van der Waals surface area contributed by atoms with Crippen LogP contribution in [0.25, 0.3) is 0 Å². The standard InChI is InChI=1S/C13H17FN4O/c1-2-18(7-3-6-15)9-13(19)17-12-8-10(14)4-5-11(12)16/h4-5,8H,2-3,7,9,16H2,1H3,(H,17,19). The molecule has 1 aromatic carbocycles. The zero-order valence-electron chi connectivity index (χ0n) is 10.8. The van der Waals surface area contributed by atoms with Crippen molar-refractivity contribution in [3.63, 3.8) is 0 Å². The van der Waals surface area contributed by atoms with Crippen LogP contribution in [-0.4, -0.2) is 30.4 Å². The van der Waals surface area contributed by atoms with Crippen LogP contribution in [0.2, 0.25) is 0 Å². The number of carbonyl (C=O) groups is 1. The van der Waals surface area contributed by atoms with Gasteiger partial charge < -0.3 is 11.1 Å². The average Bonchev–Trinajstić information content (AvgIpc) is 2.38. The van der Waals surface area contributed by atoms with Crippen molar-refractivity contribution in [1.29, 1.82) is 5.26 Å². The Morgan fingerprint density at radius 2 is 2.32 bits per heavy atom. The first-order valence-electron chi connectivity index (χ1n) is 6.01. The molecule has 0 atom stereocenters. The molecule has 1 rings (SSSR count). The van der Waals surface area contributed by atoms with Gasteiger partial charge in [0.1, 0.15) is 5.82 Å². The smallest absolute Gasteiger partial charge is 0.238 e. The van der Waals surface area contributed by atoms with Gasteiger partial charge >= 0.3 is 0 Å². The first kappa shape index (κ1) is 14.9. The fourth-order valence-electron chi connectivity index (χ4n) is 1.59. The van der Waals surface area contributed by atoms with E-state index in [1.54, 1.807) is 0 Å². The summed E-state index contributed by atoms with van der Waals surface area (Å²) < 4.78 is 13.0. The van der Waals surface area contributed by atoms with Crippen molar-refractivity contribution >= 4 is 17.3 Å². The molecular formula is C13H17FN4O. The maximum Gasteiger partial charge on any atom is 0.238 e. The number of nitrogen functional groups attached to an aromatic ring is 1. The highest BCUT2D eigenvalue weighted by atomic mass is 19.1. The molecule has 1 amide bonds. The molecule has 0 heterocycles. The van der Waals surface area contributed by atoms with E-state index in [2.05, 4.69) is 5.32 Å². The molecule has 0 radical (unpaired) electrons. The van der Waals surface area contributed by atoms with Crippen molar-refractivity contribution in [2.45, 2.75) is 13.3 Å². The second-order valence-electron chi connectivity index (χ2n) is 4.06. The highest BCUT2D eigenvalue weighted by Crippen LogP contribution is 2.18. The van der Waals surface area contributed by atoms with Crippen LogP contribution < -0.4 is 11.1 Å². The fraction of sp³-hybridized carbons (Fsp3) is 0.385. The van der Waals surface area contributed by atoms with Crippen LogP contribution in [0.3, 0.4) is 0 Å². The van der Waals surface area contributed by atoms with Gasteiger partial charge in [-0.25, -0.2) is 4.39 Å². The molecule has 3 N–H and O–H groups in total. The quantitative estimate of drug-likeness (QED) is 0.764. The number of amides is 1. The lowest BCUT2D eigenvalue weighted by Crippen LogP contribution is -2.33. The number of nitriles is 1. The number of anilines is 2. The van der Waals surface area contributed by atoms with Gasteiger partial charge in [0.2, 0.25) is 5.91 Å². The third-order valence-electron chi connectivity index (χ3n) is 2.64. The largest absolute Gasteiger partial charge is 0.397 e. The van der Waals surface area contributed by atoms with Crippen LogP contribution in [0, 0.1) is 17.1 Å². The zero-order chi connectivity index (χ0) is 14.3. The van der Waals surface area contributed by atoms with Gasteiger partial charge in [-0.2, -0.15) is 5.26 Å². The van der Waals surface area contributed by atoms with Crippen molar-refractivity contribution < 1.29 is 9.18 Å². The van der Waals surface area contributed by atoms with E-state index in [1.807, 2.05) is 17.9 Å². The summed E-state index contributed by atoms with van der Waals surface area (Å²) in [6.45, 7) is 3.24. The van der Waals surface area contributed by atoms with Gasteiger partial charge in [0, 0.05) is 13.0 Å². The molecule has 1 aromatic rings. The van der Waals surface area contributed by atoms with E-state index in [9.17, 15) is 9.18 Å². The minimum Gasteiger partial charge on any atom is -0.397 e. The highest BCUT2D eigenvalue weighted by molar-refractivity contribution is 5.95. The maximum atomic E-state index is 13.0. The van der Waals surface area contributed by atoms with Crippen LogP contribution in [0.5, 0.6) is 0 Å². The number of hydrogen-bond acceptors (Lipinski definition) is 4. The van der Waals surface area contributed by atoms with E-state index in [1.165, 1.54) is 18.2 Å². The average molecular weight is 264 g/mol. The number of nitrogens with one attached hydrogen (secondary N) is 1. The van der Waals surface area contributed by atoms with Gasteiger partial charge in [-0.1, -0.05) is 6.92 Å². The summed E-state index contributed by atoms with van der Waals surface area (Å²) in [6, 6.07) is 5.84. The molecule has 0 spiro atoms. The predicted octanol–water partition coefficient (Wildman–Crippen LogP) is 1.58. The Kier molecular flexibility index (Phi) is 5.76. The van der Waals surface area contributed by atoms with Gasteiger partial charge in [-0.05, 0) is 24.7 Å². The number of nitrogens with zero attached hydrogens (tertiary/aromatic N) is 2. The number of carbonyl (C=O) groups excluding carboxylic acids is 1. The van der Waals surface area contributed by atoms with E-state index in [-0.39, 0.29) is 18.1 Å². The Hall–Kier alpha value is -2.13. The molecule has 5 nitrogen and oxygen atoms in total. The van der Waals surface area contributed by atoms with Gasteiger partial charge in [0.05, 0.1) is 24.0 Å². The summed E-state index contributed by atoms with van der Waals surface area (Å²) in [5.74, 6) is -0.738.